The number of aromatic nitrogens is 3. The van der Waals surface area contributed by atoms with Crippen molar-refractivity contribution in [3.63, 3.8) is 0 Å². The van der Waals surface area contributed by atoms with E-state index >= 15 is 0 Å². The predicted molar refractivity (Wildman–Crippen MR) is 105 cm³/mol. The Morgan fingerprint density at radius 1 is 1.00 bits per heavy atom. The van der Waals surface area contributed by atoms with Gasteiger partial charge in [0.2, 0.25) is 5.91 Å². The molecule has 0 bridgehead atoms. The lowest BCUT2D eigenvalue weighted by molar-refractivity contribution is -0.131. The van der Waals surface area contributed by atoms with Gasteiger partial charge < -0.3 is 4.90 Å². The van der Waals surface area contributed by atoms with Crippen LogP contribution in [0.25, 0.3) is 11.0 Å². The maximum Gasteiger partial charge on any atom is 0.332 e. The summed E-state index contributed by atoms with van der Waals surface area (Å²) in [5.74, 6) is 0.171. The fourth-order valence-electron chi connectivity index (χ4n) is 4.02. The summed E-state index contributed by atoms with van der Waals surface area (Å²) in [5, 5.41) is 0.461. The highest BCUT2D eigenvalue weighted by atomic mass is 16.2. The van der Waals surface area contributed by atoms with Crippen molar-refractivity contribution in [3.8, 4) is 0 Å². The van der Waals surface area contributed by atoms with E-state index in [1.54, 1.807) is 7.05 Å². The number of hydrogen-bond acceptors (Lipinski definition) is 4. The summed E-state index contributed by atoms with van der Waals surface area (Å²) < 4.78 is 2.52. The molecule has 0 spiro atoms. The molecule has 3 rings (SSSR count). The van der Waals surface area contributed by atoms with Gasteiger partial charge in [-0.15, -0.1) is 0 Å². The first-order chi connectivity index (χ1) is 12.8. The van der Waals surface area contributed by atoms with Crippen molar-refractivity contribution in [2.24, 2.45) is 14.1 Å². The number of rotatable bonds is 3. The molecule has 0 radical (unpaired) electrons. The van der Waals surface area contributed by atoms with Crippen molar-refractivity contribution >= 4 is 16.9 Å². The van der Waals surface area contributed by atoms with E-state index in [-0.39, 0.29) is 17.2 Å². The number of carbonyl (C=O) groups is 1. The molecule has 27 heavy (non-hydrogen) atoms. The molecule has 2 aromatic rings. The SMILES string of the molecule is Cc1nc2c(c(C)c1CCC(=O)N1CCCCCC1)c(=O)n(C)c(=O)n2C. The summed E-state index contributed by atoms with van der Waals surface area (Å²) in [4.78, 5) is 43.9. The zero-order chi connectivity index (χ0) is 19.7. The van der Waals surface area contributed by atoms with Gasteiger partial charge in [-0.1, -0.05) is 12.8 Å². The second-order valence-corrected chi connectivity index (χ2v) is 7.50. The minimum atomic E-state index is -0.386. The average Bonchev–Trinajstić information content (AvgIpc) is 2.93. The van der Waals surface area contributed by atoms with Crippen LogP contribution in [0.2, 0.25) is 0 Å². The molecule has 1 aliphatic heterocycles. The van der Waals surface area contributed by atoms with Gasteiger partial charge in [0.15, 0.2) is 0 Å². The highest BCUT2D eigenvalue weighted by Crippen LogP contribution is 2.21. The number of pyridine rings is 1. The van der Waals surface area contributed by atoms with Crippen LogP contribution < -0.4 is 11.2 Å². The van der Waals surface area contributed by atoms with Gasteiger partial charge in [0.1, 0.15) is 5.65 Å². The second-order valence-electron chi connectivity index (χ2n) is 7.50. The molecule has 0 N–H and O–H groups in total. The van der Waals surface area contributed by atoms with Crippen molar-refractivity contribution in [3.05, 3.63) is 37.7 Å². The Morgan fingerprint density at radius 3 is 2.26 bits per heavy atom. The van der Waals surface area contributed by atoms with Crippen molar-refractivity contribution in [2.45, 2.75) is 52.4 Å². The smallest absolute Gasteiger partial charge is 0.332 e. The fraction of sp³-hybridized carbons (Fsp3) is 0.600. The molecular formula is C20H28N4O3. The quantitative estimate of drug-likeness (QED) is 0.820. The van der Waals surface area contributed by atoms with Gasteiger partial charge >= 0.3 is 5.69 Å². The Labute approximate surface area is 158 Å². The number of amides is 1. The monoisotopic (exact) mass is 372 g/mol. The summed E-state index contributed by atoms with van der Waals surface area (Å²) in [6, 6.07) is 0. The zero-order valence-corrected chi connectivity index (χ0v) is 16.7. The minimum Gasteiger partial charge on any atom is -0.343 e. The number of nitrogens with zero attached hydrogens (tertiary/aromatic N) is 4. The summed E-state index contributed by atoms with van der Waals surface area (Å²) in [7, 11) is 3.10. The van der Waals surface area contributed by atoms with Crippen LogP contribution in [0.4, 0.5) is 0 Å². The van der Waals surface area contributed by atoms with E-state index in [0.29, 0.717) is 23.9 Å². The average molecular weight is 372 g/mol. The molecule has 7 heteroatoms. The Morgan fingerprint density at radius 2 is 1.63 bits per heavy atom. The van der Waals surface area contributed by atoms with Crippen LogP contribution in [0.3, 0.4) is 0 Å². The molecule has 0 aliphatic carbocycles. The van der Waals surface area contributed by atoms with E-state index in [2.05, 4.69) is 4.98 Å². The number of carbonyl (C=O) groups excluding carboxylic acids is 1. The number of hydrogen-bond donors (Lipinski definition) is 0. The third-order valence-corrected chi connectivity index (χ3v) is 5.72. The Kier molecular flexibility index (Phi) is 5.48. The summed E-state index contributed by atoms with van der Waals surface area (Å²) >= 11 is 0. The Balaban J connectivity index is 1.94. The second kappa shape index (κ2) is 7.66. The predicted octanol–water partition coefficient (Wildman–Crippen LogP) is 1.58. The highest BCUT2D eigenvalue weighted by molar-refractivity contribution is 5.80. The first-order valence-corrected chi connectivity index (χ1v) is 9.66. The van der Waals surface area contributed by atoms with Gasteiger partial charge in [0.05, 0.1) is 5.39 Å². The highest BCUT2D eigenvalue weighted by Gasteiger charge is 2.19. The molecule has 0 unspecified atom stereocenters. The molecule has 1 aliphatic rings. The summed E-state index contributed by atoms with van der Waals surface area (Å²) in [5.41, 5.74) is 2.20. The van der Waals surface area contributed by atoms with Crippen LogP contribution in [0.15, 0.2) is 9.59 Å². The van der Waals surface area contributed by atoms with Gasteiger partial charge in [-0.05, 0) is 44.2 Å². The van der Waals surface area contributed by atoms with Gasteiger partial charge in [0, 0.05) is 39.3 Å². The van der Waals surface area contributed by atoms with Crippen LogP contribution in [-0.2, 0) is 25.3 Å². The van der Waals surface area contributed by atoms with E-state index in [1.807, 2.05) is 18.7 Å². The van der Waals surface area contributed by atoms with E-state index in [1.165, 1.54) is 24.5 Å². The third kappa shape index (κ3) is 3.55. The molecule has 0 atom stereocenters. The first kappa shape index (κ1) is 19.3. The van der Waals surface area contributed by atoms with Crippen LogP contribution in [0, 0.1) is 13.8 Å². The van der Waals surface area contributed by atoms with Gasteiger partial charge in [-0.3, -0.25) is 18.7 Å². The molecule has 1 fully saturated rings. The lowest BCUT2D eigenvalue weighted by atomic mass is 9.99. The molecule has 1 saturated heterocycles. The maximum absolute atomic E-state index is 12.6. The molecule has 3 heterocycles. The molecule has 146 valence electrons. The number of likely N-dealkylation sites (tertiary alicyclic amines) is 1. The Bertz CT molecular complexity index is 995. The molecule has 7 nitrogen and oxygen atoms in total. The Hall–Kier alpha value is -2.44. The lowest BCUT2D eigenvalue weighted by Crippen LogP contribution is -2.38. The van der Waals surface area contributed by atoms with Gasteiger partial charge in [-0.25, -0.2) is 9.78 Å². The number of fused-ring (bicyclic) bond motifs is 1. The van der Waals surface area contributed by atoms with E-state index in [4.69, 9.17) is 0 Å². The topological polar surface area (TPSA) is 77.2 Å². The van der Waals surface area contributed by atoms with Crippen molar-refractivity contribution < 1.29 is 4.79 Å². The van der Waals surface area contributed by atoms with E-state index in [0.717, 1.165) is 47.3 Å². The lowest BCUT2D eigenvalue weighted by Gasteiger charge is -2.21. The van der Waals surface area contributed by atoms with Gasteiger partial charge in [-0.2, -0.15) is 0 Å². The van der Waals surface area contributed by atoms with Crippen LogP contribution in [-0.4, -0.2) is 38.0 Å². The largest absolute Gasteiger partial charge is 0.343 e. The van der Waals surface area contributed by atoms with Crippen LogP contribution in [0.1, 0.15) is 48.9 Å². The van der Waals surface area contributed by atoms with Gasteiger partial charge in [0.25, 0.3) is 5.56 Å². The molecule has 2 aromatic heterocycles. The van der Waals surface area contributed by atoms with Crippen LogP contribution in [0.5, 0.6) is 0 Å². The maximum atomic E-state index is 12.6. The normalized spacial score (nSPS) is 15.2. The fourth-order valence-corrected chi connectivity index (χ4v) is 4.02. The third-order valence-electron chi connectivity index (χ3n) is 5.72. The molecular weight excluding hydrogens is 344 g/mol. The first-order valence-electron chi connectivity index (χ1n) is 9.66. The van der Waals surface area contributed by atoms with Crippen molar-refractivity contribution in [1.82, 2.24) is 19.0 Å². The van der Waals surface area contributed by atoms with Crippen molar-refractivity contribution in [1.29, 1.82) is 0 Å². The van der Waals surface area contributed by atoms with E-state index in [9.17, 15) is 14.4 Å². The molecule has 0 aromatic carbocycles. The molecule has 0 saturated carbocycles. The number of aryl methyl sites for hydroxylation is 3. The summed E-state index contributed by atoms with van der Waals surface area (Å²) in [6.07, 6.45) is 5.51. The van der Waals surface area contributed by atoms with Crippen molar-refractivity contribution in [2.75, 3.05) is 13.1 Å². The zero-order valence-electron chi connectivity index (χ0n) is 16.7. The van der Waals surface area contributed by atoms with Crippen LogP contribution >= 0.6 is 0 Å². The minimum absolute atomic E-state index is 0.171. The molecule has 1 amide bonds. The summed E-state index contributed by atoms with van der Waals surface area (Å²) in [6.45, 7) is 5.44. The van der Waals surface area contributed by atoms with E-state index < -0.39 is 0 Å². The standard InChI is InChI=1S/C20H28N4O3/c1-13-15(9-10-16(25)24-11-7-5-6-8-12-24)14(2)21-18-17(13)19(26)23(4)20(27)22(18)3/h5-12H2,1-4H3.